The van der Waals surface area contributed by atoms with Gasteiger partial charge in [-0.15, -0.1) is 0 Å². The molecule has 0 aromatic heterocycles. The van der Waals surface area contributed by atoms with Gasteiger partial charge in [0.15, 0.2) is 11.6 Å². The summed E-state index contributed by atoms with van der Waals surface area (Å²) in [5.41, 5.74) is 3.75. The Morgan fingerprint density at radius 2 is 2.27 bits per heavy atom. The third-order valence-corrected chi connectivity index (χ3v) is 3.47. The molecule has 0 aliphatic carbocycles. The molecule has 118 valence electrons. The third kappa shape index (κ3) is 4.28. The van der Waals surface area contributed by atoms with E-state index in [4.69, 9.17) is 5.11 Å². The Hall–Kier alpha value is -2.44. The number of halogens is 1. The van der Waals surface area contributed by atoms with Crippen LogP contribution in [-0.4, -0.2) is 22.6 Å². The van der Waals surface area contributed by atoms with E-state index in [0.29, 0.717) is 24.8 Å². The fraction of sp³-hybridized carbons (Fsp3) is 0.400. The lowest BCUT2D eigenvalue weighted by Crippen LogP contribution is -2.29. The fourth-order valence-corrected chi connectivity index (χ4v) is 2.14. The van der Waals surface area contributed by atoms with E-state index in [1.54, 1.807) is 13.0 Å². The Balaban J connectivity index is 1.83. The topological polar surface area (TPSA) is 90.8 Å². The molecule has 1 heterocycles. The van der Waals surface area contributed by atoms with E-state index in [1.807, 2.05) is 0 Å². The lowest BCUT2D eigenvalue weighted by atomic mass is 10.1. The minimum absolute atomic E-state index is 0.115. The number of carbonyl (C=O) groups is 2. The van der Waals surface area contributed by atoms with Crippen molar-refractivity contribution in [3.63, 3.8) is 0 Å². The van der Waals surface area contributed by atoms with Crippen molar-refractivity contribution < 1.29 is 19.1 Å². The van der Waals surface area contributed by atoms with E-state index >= 15 is 0 Å². The first-order chi connectivity index (χ1) is 10.5. The van der Waals surface area contributed by atoms with Gasteiger partial charge < -0.3 is 10.4 Å². The van der Waals surface area contributed by atoms with Gasteiger partial charge in [0, 0.05) is 18.6 Å². The van der Waals surface area contributed by atoms with E-state index < -0.39 is 11.6 Å². The Kier molecular flexibility index (Phi) is 5.08. The average molecular weight is 307 g/mol. The van der Waals surface area contributed by atoms with Gasteiger partial charge in [0.05, 0.1) is 6.04 Å². The van der Waals surface area contributed by atoms with Crippen LogP contribution in [0.3, 0.4) is 0 Å². The first-order valence-corrected chi connectivity index (χ1v) is 7.07. The van der Waals surface area contributed by atoms with Crippen LogP contribution in [0.1, 0.15) is 44.2 Å². The minimum atomic E-state index is -0.717. The molecule has 3 N–H and O–H groups in total. The largest absolute Gasteiger partial charge is 0.505 e. The second kappa shape index (κ2) is 7.02. The summed E-state index contributed by atoms with van der Waals surface area (Å²) >= 11 is 0. The molecule has 0 fully saturated rings. The molecule has 0 saturated carbocycles. The molecule has 6 nitrogen and oxygen atoms in total. The molecule has 1 aromatic rings. The van der Waals surface area contributed by atoms with Gasteiger partial charge in [-0.25, -0.2) is 9.82 Å². The predicted molar refractivity (Wildman–Crippen MR) is 78.7 cm³/mol. The van der Waals surface area contributed by atoms with Crippen molar-refractivity contribution in [2.24, 2.45) is 5.10 Å². The number of carbonyl (C=O) groups excluding carboxylic acids is 2. The predicted octanol–water partition coefficient (Wildman–Crippen LogP) is 1.75. The number of aromatic hydroxyl groups is 1. The number of benzene rings is 1. The van der Waals surface area contributed by atoms with Crippen LogP contribution in [0.2, 0.25) is 0 Å². The van der Waals surface area contributed by atoms with Crippen LogP contribution in [0.5, 0.6) is 5.75 Å². The highest BCUT2D eigenvalue weighted by Crippen LogP contribution is 2.20. The molecule has 2 rings (SSSR count). The summed E-state index contributed by atoms with van der Waals surface area (Å²) < 4.78 is 13.3. The SMILES string of the molecule is CC(NC(=O)CCC1=NNC(=O)CC1)c1ccc(O)c(F)c1. The Bertz CT molecular complexity index is 616. The summed E-state index contributed by atoms with van der Waals surface area (Å²) in [4.78, 5) is 22.8. The lowest BCUT2D eigenvalue weighted by Gasteiger charge is -2.16. The van der Waals surface area contributed by atoms with Gasteiger partial charge in [0.2, 0.25) is 11.8 Å². The fourth-order valence-electron chi connectivity index (χ4n) is 2.14. The van der Waals surface area contributed by atoms with Crippen LogP contribution < -0.4 is 10.7 Å². The standard InChI is InChI=1S/C15H18FN3O3/c1-9(10-2-5-13(20)12(16)8-10)17-14(21)6-3-11-4-7-15(22)19-18-11/h2,5,8-9,20H,3-4,6-7H2,1H3,(H,17,21)(H,19,22). The van der Waals surface area contributed by atoms with Crippen molar-refractivity contribution >= 4 is 17.5 Å². The number of hydrogen-bond acceptors (Lipinski definition) is 4. The van der Waals surface area contributed by atoms with Gasteiger partial charge >= 0.3 is 0 Å². The molecule has 0 spiro atoms. The zero-order valence-electron chi connectivity index (χ0n) is 12.2. The summed E-state index contributed by atoms with van der Waals surface area (Å²) in [7, 11) is 0. The van der Waals surface area contributed by atoms with Gasteiger partial charge in [-0.1, -0.05) is 6.07 Å². The van der Waals surface area contributed by atoms with Crippen LogP contribution in [0, 0.1) is 5.82 Å². The second-order valence-electron chi connectivity index (χ2n) is 5.21. The number of amides is 2. The summed E-state index contributed by atoms with van der Waals surface area (Å²) in [6.45, 7) is 1.74. The van der Waals surface area contributed by atoms with Crippen molar-refractivity contribution in [1.82, 2.24) is 10.7 Å². The maximum Gasteiger partial charge on any atom is 0.240 e. The summed E-state index contributed by atoms with van der Waals surface area (Å²) in [6.07, 6.45) is 1.68. The van der Waals surface area contributed by atoms with Crippen molar-refractivity contribution in [3.8, 4) is 5.75 Å². The molecule has 0 radical (unpaired) electrons. The number of nitrogens with one attached hydrogen (secondary N) is 2. The molecule has 22 heavy (non-hydrogen) atoms. The molecule has 0 saturated heterocycles. The first-order valence-electron chi connectivity index (χ1n) is 7.07. The molecule has 1 aliphatic heterocycles. The smallest absolute Gasteiger partial charge is 0.240 e. The molecular weight excluding hydrogens is 289 g/mol. The van der Waals surface area contributed by atoms with E-state index in [2.05, 4.69) is 15.8 Å². The quantitative estimate of drug-likeness (QED) is 0.774. The molecule has 1 aliphatic rings. The molecule has 1 atom stereocenters. The maximum atomic E-state index is 13.3. The van der Waals surface area contributed by atoms with Gasteiger partial charge in [0.1, 0.15) is 0 Å². The molecule has 1 unspecified atom stereocenters. The van der Waals surface area contributed by atoms with Crippen LogP contribution in [0.4, 0.5) is 4.39 Å². The molecular formula is C15H18FN3O3. The van der Waals surface area contributed by atoms with Crippen LogP contribution in [0.15, 0.2) is 23.3 Å². The molecule has 1 aromatic carbocycles. The highest BCUT2D eigenvalue weighted by molar-refractivity contribution is 5.94. The Morgan fingerprint density at radius 1 is 1.50 bits per heavy atom. The Morgan fingerprint density at radius 3 is 2.91 bits per heavy atom. The number of phenolic OH excluding ortho intramolecular Hbond substituents is 1. The normalized spacial score (nSPS) is 15.7. The summed E-state index contributed by atoms with van der Waals surface area (Å²) in [6, 6.07) is 3.65. The average Bonchev–Trinajstić information content (AvgIpc) is 2.49. The van der Waals surface area contributed by atoms with E-state index in [-0.39, 0.29) is 24.3 Å². The van der Waals surface area contributed by atoms with E-state index in [0.717, 1.165) is 5.71 Å². The highest BCUT2D eigenvalue weighted by atomic mass is 19.1. The van der Waals surface area contributed by atoms with Crippen molar-refractivity contribution in [2.45, 2.75) is 38.6 Å². The number of hydrogen-bond donors (Lipinski definition) is 3. The van der Waals surface area contributed by atoms with E-state index in [9.17, 15) is 14.0 Å². The minimum Gasteiger partial charge on any atom is -0.505 e. The Labute approximate surface area is 127 Å². The number of rotatable bonds is 5. The second-order valence-corrected chi connectivity index (χ2v) is 5.21. The number of nitrogens with zero attached hydrogens (tertiary/aromatic N) is 1. The van der Waals surface area contributed by atoms with Gasteiger partial charge in [-0.05, 0) is 37.5 Å². The van der Waals surface area contributed by atoms with Crippen LogP contribution in [0.25, 0.3) is 0 Å². The van der Waals surface area contributed by atoms with Gasteiger partial charge in [0.25, 0.3) is 0 Å². The zero-order chi connectivity index (χ0) is 16.1. The molecule has 7 heteroatoms. The van der Waals surface area contributed by atoms with E-state index in [1.165, 1.54) is 12.1 Å². The zero-order valence-corrected chi connectivity index (χ0v) is 12.2. The number of hydrazone groups is 1. The summed E-state index contributed by atoms with van der Waals surface area (Å²) in [5, 5.41) is 15.8. The highest BCUT2D eigenvalue weighted by Gasteiger charge is 2.15. The van der Waals surface area contributed by atoms with Crippen LogP contribution >= 0.6 is 0 Å². The van der Waals surface area contributed by atoms with Crippen molar-refractivity contribution in [1.29, 1.82) is 0 Å². The van der Waals surface area contributed by atoms with Gasteiger partial charge in [-0.2, -0.15) is 5.10 Å². The molecule has 2 amide bonds. The number of phenols is 1. The first kappa shape index (κ1) is 15.9. The monoisotopic (exact) mass is 307 g/mol. The van der Waals surface area contributed by atoms with Crippen molar-refractivity contribution in [3.05, 3.63) is 29.6 Å². The summed E-state index contributed by atoms with van der Waals surface area (Å²) in [5.74, 6) is -1.43. The lowest BCUT2D eigenvalue weighted by molar-refractivity contribution is -0.121. The van der Waals surface area contributed by atoms with Crippen LogP contribution in [-0.2, 0) is 9.59 Å². The maximum absolute atomic E-state index is 13.3. The van der Waals surface area contributed by atoms with Crippen molar-refractivity contribution in [2.75, 3.05) is 0 Å². The third-order valence-electron chi connectivity index (χ3n) is 3.47. The molecule has 0 bridgehead atoms. The van der Waals surface area contributed by atoms with Gasteiger partial charge in [-0.3, -0.25) is 9.59 Å².